The van der Waals surface area contributed by atoms with Crippen LogP contribution >= 0.6 is 0 Å². The summed E-state index contributed by atoms with van der Waals surface area (Å²) in [7, 11) is 1.66. The first-order valence-electron chi connectivity index (χ1n) is 10.7. The first kappa shape index (κ1) is 21.9. The molecule has 7 nitrogen and oxygen atoms in total. The van der Waals surface area contributed by atoms with Crippen molar-refractivity contribution >= 4 is 5.91 Å². The summed E-state index contributed by atoms with van der Waals surface area (Å²) >= 11 is 0. The predicted molar refractivity (Wildman–Crippen MR) is 118 cm³/mol. The van der Waals surface area contributed by atoms with E-state index >= 15 is 0 Å². The quantitative estimate of drug-likeness (QED) is 0.426. The third kappa shape index (κ3) is 3.46. The summed E-state index contributed by atoms with van der Waals surface area (Å²) < 4.78 is 42.8. The topological polar surface area (TPSA) is 68.8 Å². The van der Waals surface area contributed by atoms with Gasteiger partial charge in [0.2, 0.25) is 0 Å². The summed E-state index contributed by atoms with van der Waals surface area (Å²) in [5, 5.41) is 12.9. The molecule has 0 saturated carbocycles. The molecule has 2 aromatic heterocycles. The van der Waals surface area contributed by atoms with E-state index in [1.165, 1.54) is 9.48 Å². The van der Waals surface area contributed by atoms with Crippen LogP contribution in [0, 0.1) is 24.4 Å². The number of hydrogen-bond acceptors (Lipinski definition) is 4. The van der Waals surface area contributed by atoms with Gasteiger partial charge in [0.1, 0.15) is 0 Å². The minimum atomic E-state index is -1.51. The van der Waals surface area contributed by atoms with Gasteiger partial charge in [-0.05, 0) is 44.5 Å². The van der Waals surface area contributed by atoms with Crippen LogP contribution < -0.4 is 0 Å². The van der Waals surface area contributed by atoms with Gasteiger partial charge in [0.25, 0.3) is 5.91 Å². The summed E-state index contributed by atoms with van der Waals surface area (Å²) in [4.78, 5) is 16.8. The molecule has 0 radical (unpaired) electrons. The second-order valence-corrected chi connectivity index (χ2v) is 8.35. The molecule has 2 aromatic carbocycles. The van der Waals surface area contributed by atoms with Gasteiger partial charge < -0.3 is 4.90 Å². The average Bonchev–Trinajstić information content (AvgIpc) is 3.45. The SMILES string of the molecule is Cc1ccc(-n2nccn2)c(C(=O)N2CCc3c(nn(C)c3-c3cc(F)c(F)c(F)c3)[C@@H]2C)c1. The summed E-state index contributed by atoms with van der Waals surface area (Å²) in [6.45, 7) is 4.14. The molecule has 0 spiro atoms. The Hall–Kier alpha value is -3.95. The second kappa shape index (κ2) is 8.12. The van der Waals surface area contributed by atoms with Gasteiger partial charge in [-0.1, -0.05) is 11.6 Å². The van der Waals surface area contributed by atoms with Crippen molar-refractivity contribution in [1.82, 2.24) is 29.7 Å². The van der Waals surface area contributed by atoms with E-state index in [4.69, 9.17) is 0 Å². The normalized spacial score (nSPS) is 15.5. The number of benzene rings is 2. The van der Waals surface area contributed by atoms with Crippen LogP contribution in [-0.4, -0.2) is 42.1 Å². The van der Waals surface area contributed by atoms with Gasteiger partial charge in [-0.3, -0.25) is 9.48 Å². The van der Waals surface area contributed by atoms with Crippen molar-refractivity contribution in [3.8, 4) is 16.9 Å². The molecule has 1 atom stereocenters. The Morgan fingerprint density at radius 2 is 1.74 bits per heavy atom. The van der Waals surface area contributed by atoms with Crippen LogP contribution in [0.5, 0.6) is 0 Å². The maximum atomic E-state index is 13.9. The molecule has 4 aromatic rings. The highest BCUT2D eigenvalue weighted by atomic mass is 19.2. The van der Waals surface area contributed by atoms with Gasteiger partial charge in [-0.15, -0.1) is 0 Å². The third-order valence-corrected chi connectivity index (χ3v) is 6.18. The van der Waals surface area contributed by atoms with E-state index in [-0.39, 0.29) is 11.5 Å². The van der Waals surface area contributed by atoms with Crippen LogP contribution in [0.1, 0.15) is 40.1 Å². The van der Waals surface area contributed by atoms with E-state index in [9.17, 15) is 18.0 Å². The largest absolute Gasteiger partial charge is 0.330 e. The van der Waals surface area contributed by atoms with Crippen LogP contribution in [0.15, 0.2) is 42.7 Å². The van der Waals surface area contributed by atoms with E-state index in [0.29, 0.717) is 35.6 Å². The fourth-order valence-electron chi connectivity index (χ4n) is 4.57. The number of fused-ring (bicyclic) bond motifs is 1. The minimum absolute atomic E-state index is 0.194. The molecule has 10 heteroatoms. The molecule has 174 valence electrons. The molecule has 34 heavy (non-hydrogen) atoms. The third-order valence-electron chi connectivity index (χ3n) is 6.18. The Labute approximate surface area is 193 Å². The molecular weight excluding hydrogens is 445 g/mol. The van der Waals surface area contributed by atoms with Gasteiger partial charge in [0.05, 0.1) is 41.1 Å². The van der Waals surface area contributed by atoms with E-state index < -0.39 is 23.5 Å². The maximum Gasteiger partial charge on any atom is 0.256 e. The molecular formula is C24H21F3N6O. The molecule has 0 unspecified atom stereocenters. The molecule has 0 aliphatic carbocycles. The van der Waals surface area contributed by atoms with Crippen LogP contribution in [0.25, 0.3) is 16.9 Å². The van der Waals surface area contributed by atoms with Crippen molar-refractivity contribution in [2.24, 2.45) is 7.05 Å². The molecule has 5 rings (SSSR count). The zero-order valence-electron chi connectivity index (χ0n) is 18.8. The number of rotatable bonds is 3. The van der Waals surface area contributed by atoms with Crippen molar-refractivity contribution in [2.75, 3.05) is 6.54 Å². The Morgan fingerprint density at radius 1 is 1.06 bits per heavy atom. The minimum Gasteiger partial charge on any atom is -0.330 e. The van der Waals surface area contributed by atoms with Crippen molar-refractivity contribution in [2.45, 2.75) is 26.3 Å². The molecule has 0 bridgehead atoms. The number of carbonyl (C=O) groups excluding carboxylic acids is 1. The number of amides is 1. The van der Waals surface area contributed by atoms with Crippen LogP contribution in [-0.2, 0) is 13.5 Å². The monoisotopic (exact) mass is 466 g/mol. The van der Waals surface area contributed by atoms with Crippen LogP contribution in [0.4, 0.5) is 13.2 Å². The number of halogens is 3. The summed E-state index contributed by atoms with van der Waals surface area (Å²) in [5.74, 6) is -4.22. The summed E-state index contributed by atoms with van der Waals surface area (Å²) in [6, 6.07) is 7.03. The molecule has 3 heterocycles. The smallest absolute Gasteiger partial charge is 0.256 e. The highest BCUT2D eigenvalue weighted by Crippen LogP contribution is 2.37. The van der Waals surface area contributed by atoms with Gasteiger partial charge in [-0.2, -0.15) is 20.1 Å². The van der Waals surface area contributed by atoms with Crippen molar-refractivity contribution in [3.05, 3.63) is 82.6 Å². The van der Waals surface area contributed by atoms with Crippen molar-refractivity contribution in [1.29, 1.82) is 0 Å². The number of aromatic nitrogens is 5. The zero-order valence-corrected chi connectivity index (χ0v) is 18.8. The molecule has 1 aliphatic heterocycles. The van der Waals surface area contributed by atoms with Crippen LogP contribution in [0.3, 0.4) is 0 Å². The molecule has 1 aliphatic rings. The predicted octanol–water partition coefficient (Wildman–Crippen LogP) is 4.15. The Bertz CT molecular complexity index is 1390. The van der Waals surface area contributed by atoms with E-state index in [0.717, 1.165) is 23.3 Å². The highest BCUT2D eigenvalue weighted by Gasteiger charge is 2.34. The number of nitrogens with zero attached hydrogens (tertiary/aromatic N) is 6. The van der Waals surface area contributed by atoms with Crippen molar-refractivity contribution < 1.29 is 18.0 Å². The van der Waals surface area contributed by atoms with Gasteiger partial charge in [0.15, 0.2) is 17.5 Å². The van der Waals surface area contributed by atoms with Gasteiger partial charge >= 0.3 is 0 Å². The lowest BCUT2D eigenvalue weighted by atomic mass is 9.94. The lowest BCUT2D eigenvalue weighted by molar-refractivity contribution is 0.0673. The molecule has 0 N–H and O–H groups in total. The second-order valence-electron chi connectivity index (χ2n) is 8.35. The lowest BCUT2D eigenvalue weighted by Crippen LogP contribution is -2.39. The van der Waals surface area contributed by atoms with Gasteiger partial charge in [0, 0.05) is 24.7 Å². The van der Waals surface area contributed by atoms with Crippen molar-refractivity contribution in [3.63, 3.8) is 0 Å². The van der Waals surface area contributed by atoms with E-state index in [1.807, 2.05) is 19.9 Å². The number of hydrogen-bond donors (Lipinski definition) is 0. The Balaban J connectivity index is 1.53. The summed E-state index contributed by atoms with van der Waals surface area (Å²) in [5.41, 5.74) is 4.07. The van der Waals surface area contributed by atoms with Gasteiger partial charge in [-0.25, -0.2) is 13.2 Å². The highest BCUT2D eigenvalue weighted by molar-refractivity contribution is 5.98. The van der Waals surface area contributed by atoms with E-state index in [2.05, 4.69) is 15.3 Å². The Morgan fingerprint density at radius 3 is 2.41 bits per heavy atom. The number of aryl methyl sites for hydroxylation is 2. The lowest BCUT2D eigenvalue weighted by Gasteiger charge is -2.33. The summed E-state index contributed by atoms with van der Waals surface area (Å²) in [6.07, 6.45) is 3.51. The first-order valence-corrected chi connectivity index (χ1v) is 10.7. The average molecular weight is 466 g/mol. The standard InChI is InChI=1S/C24H21F3N6O/c1-13-4-5-20(33-28-7-8-29-33)17(10-13)24(34)32-9-6-16-22(14(32)2)30-31(3)23(16)15-11-18(25)21(27)19(26)12-15/h4-5,7-8,10-12,14H,6,9H2,1-3H3/t14-/m0/s1. The maximum absolute atomic E-state index is 13.9. The number of carbonyl (C=O) groups is 1. The fourth-order valence-corrected chi connectivity index (χ4v) is 4.57. The molecule has 1 amide bonds. The first-order chi connectivity index (χ1) is 16.3. The zero-order chi connectivity index (χ0) is 24.1. The molecule has 0 fully saturated rings. The fraction of sp³-hybridized carbons (Fsp3) is 0.250. The van der Waals surface area contributed by atoms with E-state index in [1.54, 1.807) is 36.5 Å². The van der Waals surface area contributed by atoms with Crippen LogP contribution in [0.2, 0.25) is 0 Å². The molecule has 0 saturated heterocycles. The Kier molecular flexibility index (Phi) is 5.22.